The summed E-state index contributed by atoms with van der Waals surface area (Å²) in [5.41, 5.74) is 5.19. The minimum Gasteiger partial charge on any atom is -0.369 e. The number of nitrogens with two attached hydrogens (primary N) is 1. The molecule has 0 saturated carbocycles. The highest BCUT2D eigenvalue weighted by molar-refractivity contribution is 7.15. The summed E-state index contributed by atoms with van der Waals surface area (Å²) in [5.74, 6) is -0.327. The molecule has 0 saturated heterocycles. The zero-order chi connectivity index (χ0) is 12.1. The van der Waals surface area contributed by atoms with Crippen molar-refractivity contribution in [3.63, 3.8) is 0 Å². The van der Waals surface area contributed by atoms with Gasteiger partial charge in [0.15, 0.2) is 0 Å². The summed E-state index contributed by atoms with van der Waals surface area (Å²) >= 11 is 1.48. The SMILES string of the molecule is CNc1nnc(CN(CC(N)=O)C(C)C)s1. The molecule has 0 aliphatic rings. The van der Waals surface area contributed by atoms with Crippen molar-refractivity contribution in [2.45, 2.75) is 26.4 Å². The number of amides is 1. The summed E-state index contributed by atoms with van der Waals surface area (Å²) < 4.78 is 0. The van der Waals surface area contributed by atoms with Crippen LogP contribution in [0.5, 0.6) is 0 Å². The van der Waals surface area contributed by atoms with Gasteiger partial charge in [-0.25, -0.2) is 0 Å². The van der Waals surface area contributed by atoms with Crippen molar-refractivity contribution in [3.8, 4) is 0 Å². The molecular formula is C9H17N5OS. The van der Waals surface area contributed by atoms with E-state index in [1.54, 1.807) is 7.05 Å². The van der Waals surface area contributed by atoms with Crippen molar-refractivity contribution in [3.05, 3.63) is 5.01 Å². The third-order valence-electron chi connectivity index (χ3n) is 2.11. The zero-order valence-electron chi connectivity index (χ0n) is 9.73. The summed E-state index contributed by atoms with van der Waals surface area (Å²) in [6.45, 7) is 4.87. The smallest absolute Gasteiger partial charge is 0.231 e. The highest BCUT2D eigenvalue weighted by Gasteiger charge is 2.15. The average Bonchev–Trinajstić information content (AvgIpc) is 2.63. The topological polar surface area (TPSA) is 84.1 Å². The number of aromatic nitrogens is 2. The Balaban J connectivity index is 2.63. The minimum atomic E-state index is -0.327. The lowest BCUT2D eigenvalue weighted by Crippen LogP contribution is -2.37. The molecule has 0 aliphatic carbocycles. The Kier molecular flexibility index (Phi) is 4.63. The molecule has 0 fully saturated rings. The van der Waals surface area contributed by atoms with Crippen LogP contribution in [0.25, 0.3) is 0 Å². The summed E-state index contributed by atoms with van der Waals surface area (Å²) in [7, 11) is 1.80. The maximum Gasteiger partial charge on any atom is 0.231 e. The highest BCUT2D eigenvalue weighted by Crippen LogP contribution is 2.16. The van der Waals surface area contributed by atoms with Gasteiger partial charge in [0, 0.05) is 13.1 Å². The Morgan fingerprint density at radius 2 is 2.25 bits per heavy atom. The molecule has 0 aromatic carbocycles. The Morgan fingerprint density at radius 1 is 1.56 bits per heavy atom. The molecule has 16 heavy (non-hydrogen) atoms. The molecule has 1 rings (SSSR count). The summed E-state index contributed by atoms with van der Waals surface area (Å²) in [5, 5.41) is 12.5. The van der Waals surface area contributed by atoms with E-state index in [-0.39, 0.29) is 18.5 Å². The van der Waals surface area contributed by atoms with Crippen LogP contribution >= 0.6 is 11.3 Å². The van der Waals surface area contributed by atoms with Gasteiger partial charge >= 0.3 is 0 Å². The molecule has 1 amide bonds. The molecule has 1 aromatic rings. The van der Waals surface area contributed by atoms with Gasteiger partial charge in [0.05, 0.1) is 13.1 Å². The fourth-order valence-corrected chi connectivity index (χ4v) is 1.93. The predicted molar refractivity (Wildman–Crippen MR) is 64.2 cm³/mol. The van der Waals surface area contributed by atoms with Crippen LogP contribution in [0.2, 0.25) is 0 Å². The van der Waals surface area contributed by atoms with Crippen LogP contribution in [-0.4, -0.2) is 40.6 Å². The quantitative estimate of drug-likeness (QED) is 0.749. The van der Waals surface area contributed by atoms with Gasteiger partial charge in [0.25, 0.3) is 0 Å². The lowest BCUT2D eigenvalue weighted by molar-refractivity contribution is -0.119. The number of anilines is 1. The lowest BCUT2D eigenvalue weighted by Gasteiger charge is -2.23. The van der Waals surface area contributed by atoms with Crippen molar-refractivity contribution in [2.75, 3.05) is 18.9 Å². The second kappa shape index (κ2) is 5.76. The van der Waals surface area contributed by atoms with Crippen molar-refractivity contribution in [2.24, 2.45) is 5.73 Å². The van der Waals surface area contributed by atoms with Gasteiger partial charge in [-0.15, -0.1) is 10.2 Å². The first-order valence-electron chi connectivity index (χ1n) is 5.05. The van der Waals surface area contributed by atoms with E-state index in [1.165, 1.54) is 11.3 Å². The predicted octanol–water partition coefficient (Wildman–Crippen LogP) is 0.275. The Bertz CT molecular complexity index is 351. The summed E-state index contributed by atoms with van der Waals surface area (Å²) in [6.07, 6.45) is 0. The van der Waals surface area contributed by atoms with Crippen LogP contribution in [0.3, 0.4) is 0 Å². The van der Waals surface area contributed by atoms with Crippen LogP contribution in [0.1, 0.15) is 18.9 Å². The first-order valence-corrected chi connectivity index (χ1v) is 5.87. The largest absolute Gasteiger partial charge is 0.369 e. The van der Waals surface area contributed by atoms with E-state index in [4.69, 9.17) is 5.73 Å². The van der Waals surface area contributed by atoms with E-state index in [9.17, 15) is 4.79 Å². The van der Waals surface area contributed by atoms with Gasteiger partial charge in [-0.2, -0.15) is 0 Å². The third-order valence-corrected chi connectivity index (χ3v) is 3.03. The first-order chi connectivity index (χ1) is 7.52. The van der Waals surface area contributed by atoms with Crippen LogP contribution in [-0.2, 0) is 11.3 Å². The molecular weight excluding hydrogens is 226 g/mol. The molecule has 0 aliphatic heterocycles. The molecule has 0 radical (unpaired) electrons. The van der Waals surface area contributed by atoms with Crippen molar-refractivity contribution in [1.29, 1.82) is 0 Å². The number of carbonyl (C=O) groups is 1. The van der Waals surface area contributed by atoms with Crippen LogP contribution in [0.4, 0.5) is 5.13 Å². The third kappa shape index (κ3) is 3.74. The Morgan fingerprint density at radius 3 is 2.69 bits per heavy atom. The summed E-state index contributed by atoms with van der Waals surface area (Å²) in [6, 6.07) is 0.245. The van der Waals surface area contributed by atoms with Crippen molar-refractivity contribution in [1.82, 2.24) is 15.1 Å². The van der Waals surface area contributed by atoms with Crippen molar-refractivity contribution < 1.29 is 4.79 Å². The van der Waals surface area contributed by atoms with E-state index in [0.717, 1.165) is 10.1 Å². The number of nitrogens with one attached hydrogen (secondary N) is 1. The molecule has 7 heteroatoms. The Labute approximate surface area is 98.8 Å². The summed E-state index contributed by atoms with van der Waals surface area (Å²) in [4.78, 5) is 12.9. The second-order valence-electron chi connectivity index (χ2n) is 3.72. The highest BCUT2D eigenvalue weighted by atomic mass is 32.1. The fraction of sp³-hybridized carbons (Fsp3) is 0.667. The zero-order valence-corrected chi connectivity index (χ0v) is 10.5. The lowest BCUT2D eigenvalue weighted by atomic mass is 10.3. The molecule has 90 valence electrons. The molecule has 3 N–H and O–H groups in total. The second-order valence-corrected chi connectivity index (χ2v) is 4.78. The first kappa shape index (κ1) is 12.9. The maximum absolute atomic E-state index is 10.9. The van der Waals surface area contributed by atoms with E-state index < -0.39 is 0 Å². The number of carbonyl (C=O) groups excluding carboxylic acids is 1. The van der Waals surface area contributed by atoms with Crippen LogP contribution in [0, 0.1) is 0 Å². The van der Waals surface area contributed by atoms with E-state index in [2.05, 4.69) is 15.5 Å². The van der Waals surface area contributed by atoms with E-state index in [0.29, 0.717) is 6.54 Å². The van der Waals surface area contributed by atoms with Gasteiger partial charge < -0.3 is 11.1 Å². The molecule has 1 heterocycles. The number of hydrogen-bond acceptors (Lipinski definition) is 6. The van der Waals surface area contributed by atoms with Gasteiger partial charge in [-0.3, -0.25) is 9.69 Å². The molecule has 0 spiro atoms. The van der Waals surface area contributed by atoms with Gasteiger partial charge in [-0.1, -0.05) is 11.3 Å². The molecule has 0 atom stereocenters. The monoisotopic (exact) mass is 243 g/mol. The van der Waals surface area contributed by atoms with Gasteiger partial charge in [-0.05, 0) is 13.8 Å². The van der Waals surface area contributed by atoms with Gasteiger partial charge in [0.1, 0.15) is 5.01 Å². The van der Waals surface area contributed by atoms with E-state index in [1.807, 2.05) is 18.7 Å². The molecule has 6 nitrogen and oxygen atoms in total. The molecule has 1 aromatic heterocycles. The molecule has 0 unspecified atom stereocenters. The maximum atomic E-state index is 10.9. The Hall–Kier alpha value is -1.21. The standard InChI is InChI=1S/C9H17N5OS/c1-6(2)14(4-7(10)15)5-8-12-13-9(11-3)16-8/h6H,4-5H2,1-3H3,(H2,10,15)(H,11,13). The number of hydrogen-bond donors (Lipinski definition) is 2. The van der Waals surface area contributed by atoms with Crippen molar-refractivity contribution >= 4 is 22.4 Å². The van der Waals surface area contributed by atoms with E-state index >= 15 is 0 Å². The number of rotatable bonds is 6. The molecule has 0 bridgehead atoms. The number of primary amides is 1. The van der Waals surface area contributed by atoms with Crippen LogP contribution in [0.15, 0.2) is 0 Å². The average molecular weight is 243 g/mol. The number of nitrogens with zero attached hydrogens (tertiary/aromatic N) is 3. The van der Waals surface area contributed by atoms with Crippen LogP contribution < -0.4 is 11.1 Å². The normalized spacial score (nSPS) is 11.1. The minimum absolute atomic E-state index is 0.242. The van der Waals surface area contributed by atoms with Gasteiger partial charge in [0.2, 0.25) is 11.0 Å². The fourth-order valence-electron chi connectivity index (χ4n) is 1.21.